The first-order valence-corrected chi connectivity index (χ1v) is 7.83. The molecule has 3 saturated carbocycles. The number of fused-ring (bicyclic) bond motifs is 2. The van der Waals surface area contributed by atoms with Crippen LogP contribution in [0, 0.1) is 23.2 Å². The van der Waals surface area contributed by atoms with Gasteiger partial charge < -0.3 is 15.8 Å². The van der Waals surface area contributed by atoms with Gasteiger partial charge in [0.05, 0.1) is 0 Å². The summed E-state index contributed by atoms with van der Waals surface area (Å²) >= 11 is 0. The van der Waals surface area contributed by atoms with Gasteiger partial charge in [0.15, 0.2) is 0 Å². The maximum atomic E-state index is 11.7. The SMILES string of the molecule is CC(C)(C)OC(=O)NCC(N)C1CC[C@H]2C[C@@H]1C2(C)C. The standard InChI is InChI=1S/C16H30N2O2/c1-15(2,3)20-14(19)18-9-13(17)11-7-6-10-8-12(11)16(10,4)5/h10-13H,6-9,17H2,1-5H3,(H,18,19)/t10-,11?,12-,13?/m0/s1. The molecule has 3 N–H and O–H groups in total. The second-order valence-electron chi connectivity index (χ2n) is 8.15. The second kappa shape index (κ2) is 5.21. The van der Waals surface area contributed by atoms with Crippen molar-refractivity contribution in [1.29, 1.82) is 0 Å². The Morgan fingerprint density at radius 3 is 2.55 bits per heavy atom. The molecular weight excluding hydrogens is 252 g/mol. The van der Waals surface area contributed by atoms with E-state index in [1.807, 2.05) is 20.8 Å². The third kappa shape index (κ3) is 3.11. The number of amides is 1. The highest BCUT2D eigenvalue weighted by molar-refractivity contribution is 5.67. The molecule has 0 spiro atoms. The van der Waals surface area contributed by atoms with Crippen molar-refractivity contribution in [3.05, 3.63) is 0 Å². The normalized spacial score (nSPS) is 33.0. The van der Waals surface area contributed by atoms with E-state index in [-0.39, 0.29) is 12.1 Å². The van der Waals surface area contributed by atoms with Crippen LogP contribution >= 0.6 is 0 Å². The monoisotopic (exact) mass is 282 g/mol. The zero-order valence-corrected chi connectivity index (χ0v) is 13.5. The minimum absolute atomic E-state index is 0.0352. The molecule has 3 fully saturated rings. The Labute approximate surface area is 122 Å². The maximum Gasteiger partial charge on any atom is 0.407 e. The molecule has 0 aliphatic heterocycles. The zero-order valence-electron chi connectivity index (χ0n) is 13.5. The summed E-state index contributed by atoms with van der Waals surface area (Å²) in [5.41, 5.74) is 6.31. The maximum absolute atomic E-state index is 11.7. The van der Waals surface area contributed by atoms with Crippen molar-refractivity contribution >= 4 is 6.09 Å². The molecule has 116 valence electrons. The number of rotatable bonds is 3. The number of hydrogen-bond donors (Lipinski definition) is 2. The van der Waals surface area contributed by atoms with E-state index in [2.05, 4.69) is 19.2 Å². The molecule has 0 aromatic heterocycles. The van der Waals surface area contributed by atoms with Crippen LogP contribution in [-0.4, -0.2) is 24.3 Å². The van der Waals surface area contributed by atoms with Gasteiger partial charge in [-0.25, -0.2) is 4.79 Å². The van der Waals surface area contributed by atoms with Gasteiger partial charge in [-0.15, -0.1) is 0 Å². The molecule has 3 aliphatic carbocycles. The van der Waals surface area contributed by atoms with Crippen molar-refractivity contribution in [1.82, 2.24) is 5.32 Å². The van der Waals surface area contributed by atoms with E-state index >= 15 is 0 Å². The predicted octanol–water partition coefficient (Wildman–Crippen LogP) is 2.91. The van der Waals surface area contributed by atoms with E-state index in [1.165, 1.54) is 19.3 Å². The smallest absolute Gasteiger partial charge is 0.407 e. The summed E-state index contributed by atoms with van der Waals surface area (Å²) in [7, 11) is 0. The Balaban J connectivity index is 1.81. The molecule has 2 unspecified atom stereocenters. The van der Waals surface area contributed by atoms with E-state index in [4.69, 9.17) is 10.5 Å². The van der Waals surface area contributed by atoms with Crippen molar-refractivity contribution in [2.75, 3.05) is 6.54 Å². The number of carbonyl (C=O) groups excluding carboxylic acids is 1. The molecule has 4 atom stereocenters. The van der Waals surface area contributed by atoms with Crippen LogP contribution in [0.15, 0.2) is 0 Å². The van der Waals surface area contributed by atoms with E-state index in [0.717, 1.165) is 11.8 Å². The third-order valence-electron chi connectivity index (χ3n) is 5.34. The van der Waals surface area contributed by atoms with Crippen LogP contribution in [-0.2, 0) is 4.74 Å². The average Bonchev–Trinajstić information content (AvgIpc) is 2.33. The van der Waals surface area contributed by atoms with E-state index in [0.29, 0.717) is 17.9 Å². The summed E-state index contributed by atoms with van der Waals surface area (Å²) in [4.78, 5) is 11.7. The van der Waals surface area contributed by atoms with Gasteiger partial charge in [-0.3, -0.25) is 0 Å². The number of alkyl carbamates (subject to hydrolysis) is 1. The van der Waals surface area contributed by atoms with Crippen LogP contribution in [0.1, 0.15) is 53.9 Å². The van der Waals surface area contributed by atoms with Gasteiger partial charge in [-0.1, -0.05) is 13.8 Å². The van der Waals surface area contributed by atoms with E-state index in [9.17, 15) is 4.79 Å². The molecule has 3 rings (SSSR count). The molecule has 3 aliphatic rings. The predicted molar refractivity (Wildman–Crippen MR) is 80.3 cm³/mol. The van der Waals surface area contributed by atoms with Crippen LogP contribution in [0.5, 0.6) is 0 Å². The lowest BCUT2D eigenvalue weighted by Crippen LogP contribution is -2.58. The number of ether oxygens (including phenoxy) is 1. The fourth-order valence-electron chi connectivity index (χ4n) is 4.05. The number of hydrogen-bond acceptors (Lipinski definition) is 3. The number of carbonyl (C=O) groups is 1. The molecular formula is C16H30N2O2. The molecule has 0 radical (unpaired) electrons. The lowest BCUT2D eigenvalue weighted by atomic mass is 9.45. The summed E-state index contributed by atoms with van der Waals surface area (Å²) in [5, 5.41) is 2.82. The fourth-order valence-corrected chi connectivity index (χ4v) is 4.05. The first-order valence-electron chi connectivity index (χ1n) is 7.83. The van der Waals surface area contributed by atoms with Gasteiger partial charge in [0.25, 0.3) is 0 Å². The molecule has 4 nitrogen and oxygen atoms in total. The Morgan fingerprint density at radius 1 is 1.40 bits per heavy atom. The van der Waals surface area contributed by atoms with E-state index < -0.39 is 5.60 Å². The van der Waals surface area contributed by atoms with Gasteiger partial charge >= 0.3 is 6.09 Å². The molecule has 0 aromatic rings. The minimum atomic E-state index is -0.456. The molecule has 1 amide bonds. The molecule has 0 aromatic carbocycles. The summed E-state index contributed by atoms with van der Waals surface area (Å²) in [5.74, 6) is 2.14. The first-order chi connectivity index (χ1) is 9.11. The Kier molecular flexibility index (Phi) is 4.07. The van der Waals surface area contributed by atoms with Crippen LogP contribution in [0.4, 0.5) is 4.79 Å². The van der Waals surface area contributed by atoms with Crippen LogP contribution in [0.2, 0.25) is 0 Å². The molecule has 4 heteroatoms. The van der Waals surface area contributed by atoms with Gasteiger partial charge in [0.2, 0.25) is 0 Å². The minimum Gasteiger partial charge on any atom is -0.444 e. The molecule has 0 heterocycles. The van der Waals surface area contributed by atoms with Crippen molar-refractivity contribution < 1.29 is 9.53 Å². The van der Waals surface area contributed by atoms with Crippen LogP contribution in [0.3, 0.4) is 0 Å². The first kappa shape index (κ1) is 15.6. The van der Waals surface area contributed by atoms with Gasteiger partial charge in [0.1, 0.15) is 5.60 Å². The third-order valence-corrected chi connectivity index (χ3v) is 5.34. The average molecular weight is 282 g/mol. The topological polar surface area (TPSA) is 64.3 Å². The summed E-state index contributed by atoms with van der Waals surface area (Å²) in [6, 6.07) is 0.0352. The molecule has 2 bridgehead atoms. The van der Waals surface area contributed by atoms with Gasteiger partial charge in [-0.2, -0.15) is 0 Å². The van der Waals surface area contributed by atoms with Gasteiger partial charge in [0, 0.05) is 12.6 Å². The highest BCUT2D eigenvalue weighted by atomic mass is 16.6. The van der Waals surface area contributed by atoms with Crippen molar-refractivity contribution in [3.63, 3.8) is 0 Å². The lowest BCUT2D eigenvalue weighted by molar-refractivity contribution is -0.111. The second-order valence-corrected chi connectivity index (χ2v) is 8.15. The summed E-state index contributed by atoms with van der Waals surface area (Å²) in [6.07, 6.45) is 3.44. The zero-order chi connectivity index (χ0) is 15.1. The van der Waals surface area contributed by atoms with E-state index in [1.54, 1.807) is 0 Å². The lowest BCUT2D eigenvalue weighted by Gasteiger charge is -2.61. The number of nitrogens with one attached hydrogen (secondary N) is 1. The van der Waals surface area contributed by atoms with Crippen LogP contribution in [0.25, 0.3) is 0 Å². The fraction of sp³-hybridized carbons (Fsp3) is 0.938. The summed E-state index contributed by atoms with van der Waals surface area (Å²) in [6.45, 7) is 10.8. The van der Waals surface area contributed by atoms with Crippen molar-refractivity contribution in [3.8, 4) is 0 Å². The van der Waals surface area contributed by atoms with Crippen LogP contribution < -0.4 is 11.1 Å². The highest BCUT2D eigenvalue weighted by Gasteiger charge is 2.55. The molecule has 0 saturated heterocycles. The Morgan fingerprint density at radius 2 is 2.05 bits per heavy atom. The van der Waals surface area contributed by atoms with Crippen molar-refractivity contribution in [2.24, 2.45) is 28.9 Å². The Bertz CT molecular complexity index is 371. The largest absolute Gasteiger partial charge is 0.444 e. The van der Waals surface area contributed by atoms with Gasteiger partial charge in [-0.05, 0) is 63.2 Å². The Hall–Kier alpha value is -0.770. The quantitative estimate of drug-likeness (QED) is 0.836. The molecule has 20 heavy (non-hydrogen) atoms. The highest BCUT2D eigenvalue weighted by Crippen LogP contribution is 2.61. The van der Waals surface area contributed by atoms with Crippen molar-refractivity contribution in [2.45, 2.75) is 65.5 Å². The number of nitrogens with two attached hydrogens (primary N) is 1. The summed E-state index contributed by atoms with van der Waals surface area (Å²) < 4.78 is 5.25.